The molecular formula is C21H23N5O3. The molecule has 29 heavy (non-hydrogen) atoms. The van der Waals surface area contributed by atoms with Gasteiger partial charge in [-0.25, -0.2) is 9.97 Å². The van der Waals surface area contributed by atoms with E-state index in [1.54, 1.807) is 17.3 Å². The minimum atomic E-state index is -0.110. The van der Waals surface area contributed by atoms with Crippen molar-refractivity contribution in [2.75, 3.05) is 31.1 Å². The number of rotatable bonds is 4. The van der Waals surface area contributed by atoms with E-state index >= 15 is 0 Å². The molecule has 2 aliphatic rings. The maximum absolute atomic E-state index is 12.4. The molecule has 1 amide bonds. The second-order valence-electron chi connectivity index (χ2n) is 7.56. The fourth-order valence-electron chi connectivity index (χ4n) is 4.13. The van der Waals surface area contributed by atoms with Crippen molar-refractivity contribution in [3.05, 3.63) is 42.5 Å². The molecule has 2 aromatic heterocycles. The Hall–Kier alpha value is -3.16. The lowest BCUT2D eigenvalue weighted by Gasteiger charge is -2.35. The normalized spacial score (nSPS) is 17.8. The summed E-state index contributed by atoms with van der Waals surface area (Å²) in [6, 6.07) is 7.79. The Bertz CT molecular complexity index is 993. The summed E-state index contributed by atoms with van der Waals surface area (Å²) < 4.78 is 11.2. The van der Waals surface area contributed by atoms with Crippen molar-refractivity contribution in [2.24, 2.45) is 0 Å². The third-order valence-corrected chi connectivity index (χ3v) is 5.74. The third kappa shape index (κ3) is 3.62. The summed E-state index contributed by atoms with van der Waals surface area (Å²) in [5, 5.41) is 4.56. The van der Waals surface area contributed by atoms with Gasteiger partial charge in [-0.1, -0.05) is 5.16 Å². The lowest BCUT2D eigenvalue weighted by atomic mass is 10.1. The van der Waals surface area contributed by atoms with Gasteiger partial charge in [-0.2, -0.15) is 0 Å². The maximum atomic E-state index is 12.4. The highest BCUT2D eigenvalue weighted by Gasteiger charge is 2.25. The smallest absolute Gasteiger partial charge is 0.292 e. The monoisotopic (exact) mass is 393 g/mol. The number of aromatic nitrogens is 3. The fourth-order valence-corrected chi connectivity index (χ4v) is 4.13. The van der Waals surface area contributed by atoms with Crippen molar-refractivity contribution in [3.8, 4) is 5.88 Å². The number of fused-ring (bicyclic) bond motifs is 1. The van der Waals surface area contributed by atoms with Crippen LogP contribution in [0.4, 0.5) is 5.69 Å². The average molecular weight is 393 g/mol. The lowest BCUT2D eigenvalue weighted by molar-refractivity contribution is 0.0705. The lowest BCUT2D eigenvalue weighted by Crippen LogP contribution is -2.48. The minimum absolute atomic E-state index is 0.110. The van der Waals surface area contributed by atoms with Crippen LogP contribution in [0.2, 0.25) is 0 Å². The van der Waals surface area contributed by atoms with E-state index in [0.29, 0.717) is 19.0 Å². The fraction of sp³-hybridized carbons (Fsp3) is 0.429. The summed E-state index contributed by atoms with van der Waals surface area (Å²) in [4.78, 5) is 25.3. The Kier molecular flexibility index (Phi) is 4.75. The molecular weight excluding hydrogens is 370 g/mol. The van der Waals surface area contributed by atoms with Gasteiger partial charge in [0.1, 0.15) is 12.4 Å². The van der Waals surface area contributed by atoms with Crippen LogP contribution in [0, 0.1) is 0 Å². The molecule has 1 aromatic carbocycles. The van der Waals surface area contributed by atoms with E-state index in [2.05, 4.69) is 32.2 Å². The molecule has 5 rings (SSSR count). The molecule has 3 heterocycles. The summed E-state index contributed by atoms with van der Waals surface area (Å²) in [7, 11) is 0. The first-order chi connectivity index (χ1) is 14.3. The van der Waals surface area contributed by atoms with Gasteiger partial charge >= 0.3 is 0 Å². The topological polar surface area (TPSA) is 84.6 Å². The van der Waals surface area contributed by atoms with E-state index in [1.807, 2.05) is 6.07 Å². The predicted molar refractivity (Wildman–Crippen MR) is 107 cm³/mol. The van der Waals surface area contributed by atoms with Crippen LogP contribution in [-0.4, -0.2) is 58.2 Å². The number of carbonyl (C=O) groups excluding carboxylic acids is 1. The molecule has 8 heteroatoms. The first kappa shape index (κ1) is 17.9. The molecule has 0 bridgehead atoms. The van der Waals surface area contributed by atoms with Crippen molar-refractivity contribution in [1.29, 1.82) is 0 Å². The second kappa shape index (κ2) is 7.69. The molecule has 0 atom stereocenters. The van der Waals surface area contributed by atoms with Crippen LogP contribution in [0.3, 0.4) is 0 Å². The SMILES string of the molecule is O=C(c1ccno1)N1CCN(c2ccc3ncnc(OC4CCCC4)c3c2)CC1. The summed E-state index contributed by atoms with van der Waals surface area (Å²) in [6.45, 7) is 2.76. The molecule has 3 aromatic rings. The van der Waals surface area contributed by atoms with Crippen LogP contribution in [0.5, 0.6) is 5.88 Å². The Morgan fingerprint density at radius 2 is 1.90 bits per heavy atom. The molecule has 0 N–H and O–H groups in total. The van der Waals surface area contributed by atoms with Crippen LogP contribution < -0.4 is 9.64 Å². The van der Waals surface area contributed by atoms with E-state index in [0.717, 1.165) is 42.5 Å². The van der Waals surface area contributed by atoms with E-state index in [4.69, 9.17) is 9.26 Å². The summed E-state index contributed by atoms with van der Waals surface area (Å²) >= 11 is 0. The predicted octanol–water partition coefficient (Wildman–Crippen LogP) is 2.90. The van der Waals surface area contributed by atoms with Crippen molar-refractivity contribution in [1.82, 2.24) is 20.0 Å². The standard InChI is InChI=1S/C21H23N5O3/c27-21(19-7-8-24-29-19)26-11-9-25(10-12-26)15-5-6-18-17(13-15)20(23-14-22-18)28-16-3-1-2-4-16/h5-8,13-14,16H,1-4,9-12H2. The van der Waals surface area contributed by atoms with Crippen molar-refractivity contribution in [3.63, 3.8) is 0 Å². The molecule has 150 valence electrons. The number of hydrogen-bond acceptors (Lipinski definition) is 7. The second-order valence-corrected chi connectivity index (χ2v) is 7.56. The zero-order chi connectivity index (χ0) is 19.6. The van der Waals surface area contributed by atoms with Crippen LogP contribution in [0.25, 0.3) is 10.9 Å². The number of anilines is 1. The third-order valence-electron chi connectivity index (χ3n) is 5.74. The van der Waals surface area contributed by atoms with Gasteiger partial charge in [0.25, 0.3) is 5.91 Å². The molecule has 1 aliphatic heterocycles. The van der Waals surface area contributed by atoms with Gasteiger partial charge in [0.15, 0.2) is 0 Å². The highest BCUT2D eigenvalue weighted by Crippen LogP contribution is 2.30. The van der Waals surface area contributed by atoms with Gasteiger partial charge in [0.05, 0.1) is 17.1 Å². The van der Waals surface area contributed by atoms with Gasteiger partial charge in [0.2, 0.25) is 11.6 Å². The largest absolute Gasteiger partial charge is 0.474 e. The highest BCUT2D eigenvalue weighted by molar-refractivity contribution is 5.91. The molecule has 0 spiro atoms. The van der Waals surface area contributed by atoms with Gasteiger partial charge < -0.3 is 19.1 Å². The molecule has 1 aliphatic carbocycles. The number of ether oxygens (including phenoxy) is 1. The molecule has 2 fully saturated rings. The maximum Gasteiger partial charge on any atom is 0.292 e. The number of piperazine rings is 1. The average Bonchev–Trinajstić information content (AvgIpc) is 3.48. The molecule has 8 nitrogen and oxygen atoms in total. The Morgan fingerprint density at radius 1 is 1.07 bits per heavy atom. The molecule has 0 radical (unpaired) electrons. The van der Waals surface area contributed by atoms with Crippen LogP contribution >= 0.6 is 0 Å². The summed E-state index contributed by atoms with van der Waals surface area (Å²) in [5.41, 5.74) is 1.98. The van der Waals surface area contributed by atoms with Crippen LogP contribution in [-0.2, 0) is 0 Å². The quantitative estimate of drug-likeness (QED) is 0.674. The number of amides is 1. The van der Waals surface area contributed by atoms with Gasteiger partial charge in [-0.05, 0) is 43.9 Å². The van der Waals surface area contributed by atoms with Crippen molar-refractivity contribution < 1.29 is 14.1 Å². The van der Waals surface area contributed by atoms with E-state index in [9.17, 15) is 4.79 Å². The molecule has 1 saturated carbocycles. The Balaban J connectivity index is 1.32. The van der Waals surface area contributed by atoms with Gasteiger partial charge in [-0.15, -0.1) is 0 Å². The number of nitrogens with zero attached hydrogens (tertiary/aromatic N) is 5. The number of benzene rings is 1. The van der Waals surface area contributed by atoms with E-state index < -0.39 is 0 Å². The Morgan fingerprint density at radius 3 is 2.66 bits per heavy atom. The Labute approximate surface area is 168 Å². The van der Waals surface area contributed by atoms with Crippen LogP contribution in [0.15, 0.2) is 41.3 Å². The zero-order valence-corrected chi connectivity index (χ0v) is 16.2. The zero-order valence-electron chi connectivity index (χ0n) is 16.2. The van der Waals surface area contributed by atoms with E-state index in [1.165, 1.54) is 19.0 Å². The van der Waals surface area contributed by atoms with Gasteiger partial charge in [-0.3, -0.25) is 4.79 Å². The molecule has 0 unspecified atom stereocenters. The minimum Gasteiger partial charge on any atom is -0.474 e. The first-order valence-corrected chi connectivity index (χ1v) is 10.1. The highest BCUT2D eigenvalue weighted by atomic mass is 16.5. The molecule has 1 saturated heterocycles. The summed E-state index contributed by atoms with van der Waals surface area (Å²) in [6.07, 6.45) is 7.93. The van der Waals surface area contributed by atoms with Crippen LogP contribution in [0.1, 0.15) is 36.2 Å². The van der Waals surface area contributed by atoms with Crippen molar-refractivity contribution >= 4 is 22.5 Å². The number of carbonyl (C=O) groups is 1. The summed E-state index contributed by atoms with van der Waals surface area (Å²) in [5.74, 6) is 0.846. The number of hydrogen-bond donors (Lipinski definition) is 0. The first-order valence-electron chi connectivity index (χ1n) is 10.1. The van der Waals surface area contributed by atoms with Gasteiger partial charge in [0, 0.05) is 37.9 Å². The van der Waals surface area contributed by atoms with E-state index in [-0.39, 0.29) is 17.8 Å². The van der Waals surface area contributed by atoms with Crippen molar-refractivity contribution in [2.45, 2.75) is 31.8 Å².